The topological polar surface area (TPSA) is 69.7 Å². The van der Waals surface area contributed by atoms with Crippen LogP contribution in [0.2, 0.25) is 0 Å². The van der Waals surface area contributed by atoms with E-state index in [4.69, 9.17) is 0 Å². The van der Waals surface area contributed by atoms with E-state index in [0.717, 1.165) is 24.2 Å². The summed E-state index contributed by atoms with van der Waals surface area (Å²) in [6.45, 7) is 7.91. The first-order valence-corrected chi connectivity index (χ1v) is 12.4. The van der Waals surface area contributed by atoms with Crippen LogP contribution in [0.3, 0.4) is 0 Å². The first-order chi connectivity index (χ1) is 14.7. The van der Waals surface area contributed by atoms with Gasteiger partial charge in [-0.3, -0.25) is 4.79 Å². The molecular weight excluding hydrogens is 410 g/mol. The normalized spacial score (nSPS) is 14.7. The number of amides is 1. The molecule has 0 atom stereocenters. The van der Waals surface area contributed by atoms with Gasteiger partial charge in [0.2, 0.25) is 10.0 Å². The quantitative estimate of drug-likeness (QED) is 0.704. The van der Waals surface area contributed by atoms with Gasteiger partial charge in [0.25, 0.3) is 5.91 Å². The number of hydrogen-bond donors (Lipinski definition) is 1. The van der Waals surface area contributed by atoms with Gasteiger partial charge in [-0.1, -0.05) is 24.3 Å². The number of para-hydroxylation sites is 1. The van der Waals surface area contributed by atoms with Gasteiger partial charge in [0, 0.05) is 44.0 Å². The predicted molar refractivity (Wildman–Crippen MR) is 125 cm³/mol. The van der Waals surface area contributed by atoms with Crippen LogP contribution in [0.25, 0.3) is 0 Å². The maximum absolute atomic E-state index is 13.3. The fraction of sp³-hybridized carbons (Fsp3) is 0.458. The first-order valence-electron chi connectivity index (χ1n) is 10.9. The van der Waals surface area contributed by atoms with Crippen molar-refractivity contribution in [3.63, 3.8) is 0 Å². The van der Waals surface area contributed by atoms with Gasteiger partial charge in [-0.05, 0) is 69.4 Å². The second-order valence-electron chi connectivity index (χ2n) is 8.59. The summed E-state index contributed by atoms with van der Waals surface area (Å²) in [5.41, 5.74) is 3.44. The Morgan fingerprint density at radius 2 is 1.77 bits per heavy atom. The second kappa shape index (κ2) is 9.83. The van der Waals surface area contributed by atoms with E-state index in [1.165, 1.54) is 31.0 Å². The SMILES string of the molecule is Cc1ccc(S(=O)(=O)NC(C)C)cc1C(=O)N(C)Cc1ccccc1N1CCCCC1. The van der Waals surface area contributed by atoms with Gasteiger partial charge in [-0.15, -0.1) is 0 Å². The maximum atomic E-state index is 13.3. The molecule has 1 aliphatic heterocycles. The predicted octanol–water partition coefficient (Wildman–Crippen LogP) is 3.94. The Bertz CT molecular complexity index is 1030. The molecule has 7 heteroatoms. The maximum Gasteiger partial charge on any atom is 0.254 e. The van der Waals surface area contributed by atoms with E-state index in [0.29, 0.717) is 12.1 Å². The second-order valence-corrected chi connectivity index (χ2v) is 10.3. The number of carbonyl (C=O) groups excluding carboxylic acids is 1. The minimum Gasteiger partial charge on any atom is -0.371 e. The van der Waals surface area contributed by atoms with E-state index in [-0.39, 0.29) is 16.8 Å². The van der Waals surface area contributed by atoms with Gasteiger partial charge >= 0.3 is 0 Å². The zero-order valence-electron chi connectivity index (χ0n) is 18.9. The molecule has 2 aromatic rings. The summed E-state index contributed by atoms with van der Waals surface area (Å²) in [6, 6.07) is 12.7. The lowest BCUT2D eigenvalue weighted by Gasteiger charge is -2.31. The van der Waals surface area contributed by atoms with Gasteiger partial charge in [0.05, 0.1) is 4.90 Å². The molecule has 0 aromatic heterocycles. The number of anilines is 1. The van der Waals surface area contributed by atoms with Crippen molar-refractivity contribution in [1.29, 1.82) is 0 Å². The molecular formula is C24H33N3O3S. The van der Waals surface area contributed by atoms with Crippen LogP contribution in [0.1, 0.15) is 54.6 Å². The van der Waals surface area contributed by atoms with Gasteiger partial charge in [0.15, 0.2) is 0 Å². The number of benzene rings is 2. The number of nitrogens with one attached hydrogen (secondary N) is 1. The highest BCUT2D eigenvalue weighted by Gasteiger charge is 2.22. The molecule has 0 unspecified atom stereocenters. The molecule has 0 bridgehead atoms. The molecule has 1 saturated heterocycles. The van der Waals surface area contributed by atoms with E-state index >= 15 is 0 Å². The van der Waals surface area contributed by atoms with Crippen molar-refractivity contribution in [2.75, 3.05) is 25.0 Å². The van der Waals surface area contributed by atoms with E-state index < -0.39 is 10.0 Å². The monoisotopic (exact) mass is 443 g/mol. The largest absolute Gasteiger partial charge is 0.371 e. The molecule has 3 rings (SSSR count). The van der Waals surface area contributed by atoms with E-state index in [9.17, 15) is 13.2 Å². The molecule has 31 heavy (non-hydrogen) atoms. The number of aryl methyl sites for hydroxylation is 1. The van der Waals surface area contributed by atoms with Crippen molar-refractivity contribution in [2.24, 2.45) is 0 Å². The van der Waals surface area contributed by atoms with E-state index in [1.54, 1.807) is 37.9 Å². The van der Waals surface area contributed by atoms with Gasteiger partial charge in [-0.2, -0.15) is 0 Å². The highest BCUT2D eigenvalue weighted by atomic mass is 32.2. The standard InChI is InChI=1S/C24H33N3O3S/c1-18(2)25-31(29,30)21-13-12-19(3)22(16-21)24(28)26(4)17-20-10-6-7-11-23(20)27-14-8-5-9-15-27/h6-7,10-13,16,18,25H,5,8-9,14-15,17H2,1-4H3. The van der Waals surface area contributed by atoms with Crippen molar-refractivity contribution in [1.82, 2.24) is 9.62 Å². The number of piperidine rings is 1. The molecule has 6 nitrogen and oxygen atoms in total. The van der Waals surface area contributed by atoms with Gasteiger partial charge in [-0.25, -0.2) is 13.1 Å². The summed E-state index contributed by atoms with van der Waals surface area (Å²) in [5.74, 6) is -0.187. The van der Waals surface area contributed by atoms with E-state index in [1.807, 2.05) is 19.1 Å². The summed E-state index contributed by atoms with van der Waals surface area (Å²) in [7, 11) is -1.90. The summed E-state index contributed by atoms with van der Waals surface area (Å²) in [6.07, 6.45) is 3.64. The number of hydrogen-bond acceptors (Lipinski definition) is 4. The smallest absolute Gasteiger partial charge is 0.254 e. The summed E-state index contributed by atoms with van der Waals surface area (Å²) < 4.78 is 27.7. The molecule has 1 aliphatic rings. The summed E-state index contributed by atoms with van der Waals surface area (Å²) in [4.78, 5) is 17.4. The fourth-order valence-corrected chi connectivity index (χ4v) is 5.27. The van der Waals surface area contributed by atoms with Gasteiger partial charge in [0.1, 0.15) is 0 Å². The Kier molecular flexibility index (Phi) is 7.38. The molecule has 1 amide bonds. The summed E-state index contributed by atoms with van der Waals surface area (Å²) >= 11 is 0. The van der Waals surface area contributed by atoms with Gasteiger partial charge < -0.3 is 9.80 Å². The fourth-order valence-electron chi connectivity index (χ4n) is 4.00. The number of nitrogens with zero attached hydrogens (tertiary/aromatic N) is 2. The Labute approximate surface area is 186 Å². The van der Waals surface area contributed by atoms with Crippen molar-refractivity contribution in [2.45, 2.75) is 57.5 Å². The minimum atomic E-state index is -3.67. The van der Waals surface area contributed by atoms with Crippen LogP contribution < -0.4 is 9.62 Å². The molecule has 1 N–H and O–H groups in total. The lowest BCUT2D eigenvalue weighted by atomic mass is 10.1. The lowest BCUT2D eigenvalue weighted by Crippen LogP contribution is -2.32. The Hall–Kier alpha value is -2.38. The van der Waals surface area contributed by atoms with Crippen LogP contribution in [0.4, 0.5) is 5.69 Å². The van der Waals surface area contributed by atoms with Crippen LogP contribution >= 0.6 is 0 Å². The van der Waals surface area contributed by atoms with E-state index in [2.05, 4.69) is 21.8 Å². The van der Waals surface area contributed by atoms with Crippen molar-refractivity contribution in [3.8, 4) is 0 Å². The molecule has 0 radical (unpaired) electrons. The molecule has 0 saturated carbocycles. The molecule has 1 fully saturated rings. The van der Waals surface area contributed by atoms with Crippen LogP contribution in [-0.4, -0.2) is 45.4 Å². The highest BCUT2D eigenvalue weighted by Crippen LogP contribution is 2.26. The number of rotatable bonds is 7. The molecule has 1 heterocycles. The Morgan fingerprint density at radius 1 is 1.10 bits per heavy atom. The number of sulfonamides is 1. The first kappa shape index (κ1) is 23.3. The Balaban J connectivity index is 1.83. The van der Waals surface area contributed by atoms with Crippen LogP contribution in [-0.2, 0) is 16.6 Å². The van der Waals surface area contributed by atoms with Crippen LogP contribution in [0.15, 0.2) is 47.4 Å². The van der Waals surface area contributed by atoms with Crippen LogP contribution in [0.5, 0.6) is 0 Å². The average Bonchev–Trinajstić information content (AvgIpc) is 2.73. The zero-order valence-corrected chi connectivity index (χ0v) is 19.7. The molecule has 0 spiro atoms. The molecule has 168 valence electrons. The Morgan fingerprint density at radius 3 is 2.45 bits per heavy atom. The third kappa shape index (κ3) is 5.66. The molecule has 2 aromatic carbocycles. The summed E-state index contributed by atoms with van der Waals surface area (Å²) in [5, 5.41) is 0. The third-order valence-electron chi connectivity index (χ3n) is 5.58. The minimum absolute atomic E-state index is 0.109. The van der Waals surface area contributed by atoms with Crippen LogP contribution in [0, 0.1) is 6.92 Å². The third-order valence-corrected chi connectivity index (χ3v) is 7.24. The zero-order chi connectivity index (χ0) is 22.6. The van der Waals surface area contributed by atoms with Crippen molar-refractivity contribution >= 4 is 21.6 Å². The van der Waals surface area contributed by atoms with Crippen molar-refractivity contribution in [3.05, 3.63) is 59.2 Å². The highest BCUT2D eigenvalue weighted by molar-refractivity contribution is 7.89. The molecule has 0 aliphatic carbocycles. The van der Waals surface area contributed by atoms with Crippen molar-refractivity contribution < 1.29 is 13.2 Å². The number of carbonyl (C=O) groups is 1. The average molecular weight is 444 g/mol. The lowest BCUT2D eigenvalue weighted by molar-refractivity contribution is 0.0784.